The van der Waals surface area contributed by atoms with E-state index in [1.165, 1.54) is 33.6 Å². The number of rotatable bonds is 3. The SMILES string of the molecule is N#Cc1c[nH]c2ncnc(N3CC(O)CC3c3nn4ccc(Cl)c4c(=O)n3-c3cccc(F)c3)c12. The molecule has 0 spiro atoms. The molecule has 35 heavy (non-hydrogen) atoms. The van der Waals surface area contributed by atoms with Crippen LogP contribution < -0.4 is 10.5 Å². The lowest BCUT2D eigenvalue weighted by molar-refractivity contribution is 0.193. The highest BCUT2D eigenvalue weighted by Gasteiger charge is 2.38. The fourth-order valence-corrected chi connectivity index (χ4v) is 4.90. The van der Waals surface area contributed by atoms with Gasteiger partial charge in [0.1, 0.15) is 35.2 Å². The molecule has 1 fully saturated rings. The normalized spacial score (nSPS) is 17.9. The fraction of sp³-hybridized carbons (Fsp3) is 0.174. The minimum absolute atomic E-state index is 0.145. The zero-order valence-corrected chi connectivity index (χ0v) is 18.7. The third kappa shape index (κ3) is 3.26. The number of aliphatic hydroxyl groups excluding tert-OH is 1. The Morgan fingerprint density at radius 1 is 1.29 bits per heavy atom. The average Bonchev–Trinajstić information content (AvgIpc) is 3.55. The Labute approximate surface area is 201 Å². The summed E-state index contributed by atoms with van der Waals surface area (Å²) in [6, 6.07) is 8.66. The molecule has 5 aromatic rings. The second-order valence-electron chi connectivity index (χ2n) is 8.23. The third-order valence-electron chi connectivity index (χ3n) is 6.15. The molecule has 1 aliphatic rings. The van der Waals surface area contributed by atoms with Gasteiger partial charge in [0.05, 0.1) is 33.8 Å². The molecule has 2 unspecified atom stereocenters. The van der Waals surface area contributed by atoms with Gasteiger partial charge in [0.2, 0.25) is 0 Å². The molecule has 0 bridgehead atoms. The van der Waals surface area contributed by atoms with Crippen molar-refractivity contribution in [3.8, 4) is 11.8 Å². The summed E-state index contributed by atoms with van der Waals surface area (Å²) in [5, 5.41) is 25.7. The van der Waals surface area contributed by atoms with Gasteiger partial charge in [-0.25, -0.2) is 18.9 Å². The molecule has 2 N–H and O–H groups in total. The highest BCUT2D eigenvalue weighted by Crippen LogP contribution is 2.38. The highest BCUT2D eigenvalue weighted by atomic mass is 35.5. The second kappa shape index (κ2) is 7.90. The van der Waals surface area contributed by atoms with E-state index in [4.69, 9.17) is 11.6 Å². The van der Waals surface area contributed by atoms with Crippen LogP contribution in [0.1, 0.15) is 23.9 Å². The van der Waals surface area contributed by atoms with Gasteiger partial charge in [-0.1, -0.05) is 17.7 Å². The number of aliphatic hydroxyl groups is 1. The Kier molecular flexibility index (Phi) is 4.80. The summed E-state index contributed by atoms with van der Waals surface area (Å²) < 4.78 is 16.9. The van der Waals surface area contributed by atoms with Gasteiger partial charge in [-0.3, -0.25) is 9.36 Å². The molecule has 0 saturated carbocycles. The van der Waals surface area contributed by atoms with Crippen LogP contribution in [-0.2, 0) is 0 Å². The van der Waals surface area contributed by atoms with Crippen LogP contribution in [0.15, 0.2) is 53.8 Å². The molecule has 174 valence electrons. The first-order chi connectivity index (χ1) is 17.0. The molecular formula is C23H16ClFN8O2. The summed E-state index contributed by atoms with van der Waals surface area (Å²) in [6.45, 7) is 0.177. The molecule has 0 aliphatic carbocycles. The van der Waals surface area contributed by atoms with Crippen LogP contribution in [0.5, 0.6) is 0 Å². The summed E-state index contributed by atoms with van der Waals surface area (Å²) in [7, 11) is 0. The van der Waals surface area contributed by atoms with Gasteiger partial charge in [0, 0.05) is 25.4 Å². The second-order valence-corrected chi connectivity index (χ2v) is 8.64. The van der Waals surface area contributed by atoms with Crippen molar-refractivity contribution < 1.29 is 9.50 Å². The van der Waals surface area contributed by atoms with E-state index >= 15 is 0 Å². The molecule has 0 radical (unpaired) electrons. The van der Waals surface area contributed by atoms with E-state index in [1.807, 2.05) is 0 Å². The zero-order chi connectivity index (χ0) is 24.3. The zero-order valence-electron chi connectivity index (χ0n) is 17.9. The van der Waals surface area contributed by atoms with Crippen LogP contribution in [0.3, 0.4) is 0 Å². The maximum Gasteiger partial charge on any atom is 0.284 e. The molecule has 1 aromatic carbocycles. The molecule has 10 nitrogen and oxygen atoms in total. The van der Waals surface area contributed by atoms with Crippen LogP contribution in [0.4, 0.5) is 10.2 Å². The number of nitrogens with zero attached hydrogens (tertiary/aromatic N) is 7. The number of nitriles is 1. The predicted octanol–water partition coefficient (Wildman–Crippen LogP) is 2.73. The van der Waals surface area contributed by atoms with E-state index < -0.39 is 23.5 Å². The molecule has 6 rings (SSSR count). The summed E-state index contributed by atoms with van der Waals surface area (Å²) in [4.78, 5) is 27.0. The van der Waals surface area contributed by atoms with E-state index in [1.54, 1.807) is 29.4 Å². The van der Waals surface area contributed by atoms with Gasteiger partial charge in [-0.15, -0.1) is 0 Å². The Balaban J connectivity index is 1.63. The predicted molar refractivity (Wildman–Crippen MR) is 125 cm³/mol. The number of anilines is 1. The van der Waals surface area contributed by atoms with Gasteiger partial charge in [0.25, 0.3) is 5.56 Å². The lowest BCUT2D eigenvalue weighted by atomic mass is 10.1. The van der Waals surface area contributed by atoms with Crippen LogP contribution >= 0.6 is 11.6 Å². The number of hydrogen-bond donors (Lipinski definition) is 2. The number of aromatic nitrogens is 6. The maximum absolute atomic E-state index is 14.2. The smallest absolute Gasteiger partial charge is 0.284 e. The van der Waals surface area contributed by atoms with E-state index in [9.17, 15) is 19.6 Å². The highest BCUT2D eigenvalue weighted by molar-refractivity contribution is 6.33. The minimum Gasteiger partial charge on any atom is -0.391 e. The van der Waals surface area contributed by atoms with Gasteiger partial charge < -0.3 is 15.0 Å². The maximum atomic E-state index is 14.2. The van der Waals surface area contributed by atoms with Gasteiger partial charge in [0.15, 0.2) is 5.82 Å². The Morgan fingerprint density at radius 2 is 2.14 bits per heavy atom. The van der Waals surface area contributed by atoms with Crippen molar-refractivity contribution in [3.05, 3.63) is 81.6 Å². The Hall–Kier alpha value is -4.27. The lowest BCUT2D eigenvalue weighted by Crippen LogP contribution is -2.33. The molecule has 1 aliphatic heterocycles. The molecule has 0 amide bonds. The number of benzene rings is 1. The number of aromatic amines is 1. The molecule has 4 aromatic heterocycles. The van der Waals surface area contributed by atoms with Crippen LogP contribution in [-0.4, -0.2) is 46.9 Å². The van der Waals surface area contributed by atoms with Crippen molar-refractivity contribution >= 4 is 34.0 Å². The number of H-pyrrole nitrogens is 1. The van der Waals surface area contributed by atoms with Crippen molar-refractivity contribution in [1.29, 1.82) is 5.26 Å². The summed E-state index contributed by atoms with van der Waals surface area (Å²) >= 11 is 6.26. The van der Waals surface area contributed by atoms with E-state index in [0.29, 0.717) is 22.4 Å². The van der Waals surface area contributed by atoms with Crippen molar-refractivity contribution in [1.82, 2.24) is 29.1 Å². The van der Waals surface area contributed by atoms with E-state index in [0.717, 1.165) is 0 Å². The first-order valence-electron chi connectivity index (χ1n) is 10.7. The fourth-order valence-electron chi connectivity index (χ4n) is 4.67. The molecule has 5 heterocycles. The standard InChI is InChI=1S/C23H16ClFN8O2/c24-16-4-5-32-19(16)23(35)33(14-3-1-2-13(25)6-14)21(30-32)17-7-15(34)10-31(17)22-18-12(8-26)9-27-20(18)28-11-29-22/h1-6,9,11,15,17,34H,7,10H2,(H,27,28,29). The molecule has 1 saturated heterocycles. The summed E-state index contributed by atoms with van der Waals surface area (Å²) in [6.07, 6.45) is 3.92. The van der Waals surface area contributed by atoms with Crippen LogP contribution in [0.2, 0.25) is 5.02 Å². The Morgan fingerprint density at radius 3 is 2.94 bits per heavy atom. The quantitative estimate of drug-likeness (QED) is 0.398. The number of hydrogen-bond acceptors (Lipinski definition) is 7. The number of β-amino-alcohol motifs (C(OH)–C–C–N with tert-alkyl or cyclic N) is 1. The van der Waals surface area contributed by atoms with Gasteiger partial charge >= 0.3 is 0 Å². The summed E-state index contributed by atoms with van der Waals surface area (Å²) in [5.41, 5.74) is 0.746. The van der Waals surface area contributed by atoms with Gasteiger partial charge in [-0.05, 0) is 24.3 Å². The lowest BCUT2D eigenvalue weighted by Gasteiger charge is -2.27. The molecule has 12 heteroatoms. The van der Waals surface area contributed by atoms with Crippen molar-refractivity contribution in [3.63, 3.8) is 0 Å². The van der Waals surface area contributed by atoms with Crippen molar-refractivity contribution in [2.45, 2.75) is 18.6 Å². The summed E-state index contributed by atoms with van der Waals surface area (Å²) in [5.74, 6) is 0.159. The van der Waals surface area contributed by atoms with Crippen LogP contribution in [0.25, 0.3) is 22.2 Å². The largest absolute Gasteiger partial charge is 0.391 e. The first kappa shape index (κ1) is 21.3. The molecular weight excluding hydrogens is 475 g/mol. The minimum atomic E-state index is -0.767. The number of fused-ring (bicyclic) bond motifs is 2. The topological polar surface area (TPSA) is 128 Å². The number of nitrogens with one attached hydrogen (secondary N) is 1. The van der Waals surface area contributed by atoms with Crippen molar-refractivity contribution in [2.24, 2.45) is 0 Å². The number of halogens is 2. The van der Waals surface area contributed by atoms with E-state index in [2.05, 4.69) is 26.1 Å². The Bertz CT molecular complexity index is 1720. The third-order valence-corrected chi connectivity index (χ3v) is 6.45. The van der Waals surface area contributed by atoms with Gasteiger partial charge in [-0.2, -0.15) is 10.4 Å². The molecule has 2 atom stereocenters. The average molecular weight is 491 g/mol. The first-order valence-corrected chi connectivity index (χ1v) is 11.1. The van der Waals surface area contributed by atoms with Crippen molar-refractivity contribution in [2.75, 3.05) is 11.4 Å². The van der Waals surface area contributed by atoms with Crippen LogP contribution in [0, 0.1) is 17.1 Å². The van der Waals surface area contributed by atoms with E-state index in [-0.39, 0.29) is 35.0 Å². The monoisotopic (exact) mass is 490 g/mol.